The van der Waals surface area contributed by atoms with Crippen LogP contribution in [0.15, 0.2) is 24.3 Å². The molecule has 1 atom stereocenters. The van der Waals surface area contributed by atoms with Crippen molar-refractivity contribution in [2.45, 2.75) is 18.3 Å². The van der Waals surface area contributed by atoms with Crippen molar-refractivity contribution in [2.24, 2.45) is 0 Å². The maximum atomic E-state index is 9.32. The van der Waals surface area contributed by atoms with Gasteiger partial charge >= 0.3 is 0 Å². The number of nitrogens with zero attached hydrogens (tertiary/aromatic N) is 1. The number of nitrogens with two attached hydrogens (primary N) is 1. The highest BCUT2D eigenvalue weighted by Gasteiger charge is 2.34. The largest absolute Gasteiger partial charge is 0.399 e. The van der Waals surface area contributed by atoms with Crippen LogP contribution in [0.5, 0.6) is 0 Å². The highest BCUT2D eigenvalue weighted by atomic mass is 16.5. The van der Waals surface area contributed by atoms with Crippen LogP contribution in [0.25, 0.3) is 0 Å². The molecule has 2 N–H and O–H groups in total. The zero-order chi connectivity index (χ0) is 10.7. The summed E-state index contributed by atoms with van der Waals surface area (Å²) in [6.45, 7) is 1.23. The molecular formula is C12H14N2O. The molecule has 0 amide bonds. The van der Waals surface area contributed by atoms with Gasteiger partial charge in [-0.25, -0.2) is 0 Å². The van der Waals surface area contributed by atoms with E-state index >= 15 is 0 Å². The van der Waals surface area contributed by atoms with E-state index in [9.17, 15) is 5.26 Å². The Labute approximate surface area is 89.5 Å². The standard InChI is InChI=1S/C12H14N2O/c13-8-12(5-2-6-15-9-12)10-3-1-4-11(14)7-10/h1,3-4,7H,2,5-6,9,14H2/t12-/m1/s1. The number of nitriles is 1. The molecule has 2 rings (SSSR count). The second-order valence-electron chi connectivity index (χ2n) is 3.98. The molecule has 3 heteroatoms. The molecule has 0 aromatic heterocycles. The van der Waals surface area contributed by atoms with Gasteiger partial charge in [-0.15, -0.1) is 0 Å². The van der Waals surface area contributed by atoms with Gasteiger partial charge in [-0.05, 0) is 30.5 Å². The summed E-state index contributed by atoms with van der Waals surface area (Å²) in [4.78, 5) is 0. The van der Waals surface area contributed by atoms with Crippen LogP contribution in [-0.2, 0) is 10.2 Å². The molecule has 0 radical (unpaired) electrons. The van der Waals surface area contributed by atoms with Gasteiger partial charge in [0.25, 0.3) is 0 Å². The molecule has 1 heterocycles. The van der Waals surface area contributed by atoms with Gasteiger partial charge in [-0.2, -0.15) is 5.26 Å². The minimum Gasteiger partial charge on any atom is -0.399 e. The van der Waals surface area contributed by atoms with Crippen molar-refractivity contribution in [1.82, 2.24) is 0 Å². The molecule has 78 valence electrons. The first-order valence-electron chi connectivity index (χ1n) is 5.12. The fraction of sp³-hybridized carbons (Fsp3) is 0.417. The lowest BCUT2D eigenvalue weighted by Gasteiger charge is -2.31. The average molecular weight is 202 g/mol. The fourth-order valence-corrected chi connectivity index (χ4v) is 2.01. The van der Waals surface area contributed by atoms with Crippen LogP contribution in [0.3, 0.4) is 0 Å². The van der Waals surface area contributed by atoms with E-state index in [1.165, 1.54) is 0 Å². The third-order valence-corrected chi connectivity index (χ3v) is 2.89. The number of hydrogen-bond acceptors (Lipinski definition) is 3. The normalized spacial score (nSPS) is 25.8. The van der Waals surface area contributed by atoms with E-state index in [0.29, 0.717) is 12.3 Å². The molecule has 15 heavy (non-hydrogen) atoms. The summed E-state index contributed by atoms with van der Waals surface area (Å²) >= 11 is 0. The molecule has 1 aromatic rings. The van der Waals surface area contributed by atoms with Gasteiger partial charge in [0.2, 0.25) is 0 Å². The number of ether oxygens (including phenoxy) is 1. The number of hydrogen-bond donors (Lipinski definition) is 1. The smallest absolute Gasteiger partial charge is 0.106 e. The second-order valence-corrected chi connectivity index (χ2v) is 3.98. The maximum Gasteiger partial charge on any atom is 0.106 e. The van der Waals surface area contributed by atoms with Crippen molar-refractivity contribution in [1.29, 1.82) is 5.26 Å². The van der Waals surface area contributed by atoms with Crippen molar-refractivity contribution in [3.8, 4) is 6.07 Å². The summed E-state index contributed by atoms with van der Waals surface area (Å²) in [7, 11) is 0. The Morgan fingerprint density at radius 2 is 2.33 bits per heavy atom. The Hall–Kier alpha value is -1.53. The third kappa shape index (κ3) is 1.81. The number of benzene rings is 1. The summed E-state index contributed by atoms with van der Waals surface area (Å²) in [6, 6.07) is 9.92. The Morgan fingerprint density at radius 1 is 1.47 bits per heavy atom. The van der Waals surface area contributed by atoms with Crippen LogP contribution in [0.4, 0.5) is 5.69 Å². The zero-order valence-corrected chi connectivity index (χ0v) is 8.57. The predicted octanol–water partition coefficient (Wildman–Crippen LogP) is 1.84. The van der Waals surface area contributed by atoms with E-state index in [1.54, 1.807) is 0 Å². The van der Waals surface area contributed by atoms with Crippen molar-refractivity contribution in [2.75, 3.05) is 18.9 Å². The minimum atomic E-state index is -0.492. The molecule has 3 nitrogen and oxygen atoms in total. The monoisotopic (exact) mass is 202 g/mol. The van der Waals surface area contributed by atoms with Crippen molar-refractivity contribution in [3.05, 3.63) is 29.8 Å². The molecule has 0 spiro atoms. The van der Waals surface area contributed by atoms with Gasteiger partial charge in [-0.1, -0.05) is 12.1 Å². The van der Waals surface area contributed by atoms with Gasteiger partial charge in [0.05, 0.1) is 12.7 Å². The summed E-state index contributed by atoms with van der Waals surface area (Å²) < 4.78 is 5.41. The quantitative estimate of drug-likeness (QED) is 0.707. The van der Waals surface area contributed by atoms with Crippen LogP contribution in [-0.4, -0.2) is 13.2 Å². The third-order valence-electron chi connectivity index (χ3n) is 2.89. The summed E-state index contributed by atoms with van der Waals surface area (Å²) in [5.74, 6) is 0. The molecule has 1 aromatic carbocycles. The van der Waals surface area contributed by atoms with Crippen LogP contribution >= 0.6 is 0 Å². The Balaban J connectivity index is 2.37. The Morgan fingerprint density at radius 3 is 2.93 bits per heavy atom. The highest BCUT2D eigenvalue weighted by Crippen LogP contribution is 2.33. The Bertz CT molecular complexity index is 389. The van der Waals surface area contributed by atoms with Gasteiger partial charge in [0.1, 0.15) is 5.41 Å². The minimum absolute atomic E-state index is 0.479. The fourth-order valence-electron chi connectivity index (χ4n) is 2.01. The van der Waals surface area contributed by atoms with Crippen LogP contribution < -0.4 is 5.73 Å². The van der Waals surface area contributed by atoms with Crippen molar-refractivity contribution in [3.63, 3.8) is 0 Å². The van der Waals surface area contributed by atoms with Crippen molar-refractivity contribution >= 4 is 5.69 Å². The van der Waals surface area contributed by atoms with E-state index in [1.807, 2.05) is 24.3 Å². The Kier molecular flexibility index (Phi) is 2.61. The van der Waals surface area contributed by atoms with Gasteiger partial charge < -0.3 is 10.5 Å². The summed E-state index contributed by atoms with van der Waals surface area (Å²) in [5.41, 5.74) is 6.91. The van der Waals surface area contributed by atoms with Crippen LogP contribution in [0.2, 0.25) is 0 Å². The molecule has 0 aliphatic carbocycles. The summed E-state index contributed by atoms with van der Waals surface area (Å²) in [6.07, 6.45) is 1.79. The predicted molar refractivity (Wildman–Crippen MR) is 58.2 cm³/mol. The number of anilines is 1. The van der Waals surface area contributed by atoms with Gasteiger partial charge in [0.15, 0.2) is 0 Å². The first-order chi connectivity index (χ1) is 7.27. The van der Waals surface area contributed by atoms with E-state index < -0.39 is 5.41 Å². The lowest BCUT2D eigenvalue weighted by Crippen LogP contribution is -2.34. The lowest BCUT2D eigenvalue weighted by atomic mass is 9.77. The molecule has 0 bridgehead atoms. The van der Waals surface area contributed by atoms with E-state index in [0.717, 1.165) is 25.0 Å². The van der Waals surface area contributed by atoms with E-state index in [2.05, 4.69) is 6.07 Å². The first-order valence-corrected chi connectivity index (χ1v) is 5.12. The van der Waals surface area contributed by atoms with Gasteiger partial charge in [-0.3, -0.25) is 0 Å². The topological polar surface area (TPSA) is 59.0 Å². The zero-order valence-electron chi connectivity index (χ0n) is 8.57. The molecule has 0 unspecified atom stereocenters. The SMILES string of the molecule is N#C[C@]1(c2cccc(N)c2)CCCOC1. The first kappa shape index (κ1) is 10.0. The van der Waals surface area contributed by atoms with Crippen LogP contribution in [0.1, 0.15) is 18.4 Å². The maximum absolute atomic E-state index is 9.32. The van der Waals surface area contributed by atoms with E-state index in [-0.39, 0.29) is 0 Å². The molecule has 1 saturated heterocycles. The molecule has 1 aliphatic rings. The van der Waals surface area contributed by atoms with Gasteiger partial charge in [0, 0.05) is 12.3 Å². The highest BCUT2D eigenvalue weighted by molar-refractivity contribution is 5.45. The number of rotatable bonds is 1. The average Bonchev–Trinajstić information content (AvgIpc) is 2.30. The molecule has 0 saturated carbocycles. The lowest BCUT2D eigenvalue weighted by molar-refractivity contribution is 0.0563. The molecule has 1 fully saturated rings. The summed E-state index contributed by atoms with van der Waals surface area (Å²) in [5, 5.41) is 9.32. The van der Waals surface area contributed by atoms with Crippen molar-refractivity contribution < 1.29 is 4.74 Å². The second kappa shape index (κ2) is 3.92. The number of nitrogen functional groups attached to an aromatic ring is 1. The van der Waals surface area contributed by atoms with E-state index in [4.69, 9.17) is 10.5 Å². The van der Waals surface area contributed by atoms with Crippen LogP contribution in [0, 0.1) is 11.3 Å². The molecule has 1 aliphatic heterocycles. The molecular weight excluding hydrogens is 188 g/mol.